The van der Waals surface area contributed by atoms with E-state index in [0.29, 0.717) is 0 Å². The fraction of sp³-hybridized carbons (Fsp3) is 0.917. The van der Waals surface area contributed by atoms with E-state index >= 15 is 0 Å². The molecule has 4 heteroatoms. The van der Waals surface area contributed by atoms with Crippen molar-refractivity contribution in [2.75, 3.05) is 39.8 Å². The summed E-state index contributed by atoms with van der Waals surface area (Å²) in [5.41, 5.74) is 0. The maximum Gasteiger partial charge on any atom is 0.146 e. The van der Waals surface area contributed by atoms with Gasteiger partial charge >= 0.3 is 0 Å². The Morgan fingerprint density at radius 2 is 2.06 bits per heavy atom. The van der Waals surface area contributed by atoms with Crippen molar-refractivity contribution in [1.29, 1.82) is 0 Å². The minimum atomic E-state index is 0.0584. The van der Waals surface area contributed by atoms with Crippen LogP contribution in [0.15, 0.2) is 0 Å². The molecule has 0 aromatic carbocycles. The minimum absolute atomic E-state index is 0.0584. The Hall–Kier alpha value is -0.450. The topological polar surface area (TPSA) is 44.4 Å². The summed E-state index contributed by atoms with van der Waals surface area (Å²) in [6.45, 7) is 7.41. The summed E-state index contributed by atoms with van der Waals surface area (Å²) in [7, 11) is 1.86. The zero-order chi connectivity index (χ0) is 11.8. The molecule has 0 aliphatic carbocycles. The fourth-order valence-corrected chi connectivity index (χ4v) is 2.17. The molecule has 0 aromatic heterocycles. The third-order valence-corrected chi connectivity index (χ3v) is 3.27. The van der Waals surface area contributed by atoms with Crippen LogP contribution in [0.1, 0.15) is 26.2 Å². The molecule has 0 amide bonds. The fourth-order valence-electron chi connectivity index (χ4n) is 2.17. The van der Waals surface area contributed by atoms with Crippen LogP contribution in [-0.2, 0) is 4.79 Å². The molecule has 1 atom stereocenters. The van der Waals surface area contributed by atoms with Crippen molar-refractivity contribution in [2.45, 2.75) is 32.2 Å². The van der Waals surface area contributed by atoms with Crippen LogP contribution in [0.5, 0.6) is 0 Å². The predicted molar refractivity (Wildman–Crippen MR) is 66.7 cm³/mol. The first kappa shape index (κ1) is 13.6. The average Bonchev–Trinajstić information content (AvgIpc) is 2.30. The third-order valence-electron chi connectivity index (χ3n) is 3.27. The molecule has 1 rings (SSSR count). The smallest absolute Gasteiger partial charge is 0.146 e. The number of likely N-dealkylation sites (N-methyl/N-ethyl adjacent to an activating group) is 1. The van der Waals surface area contributed by atoms with Crippen LogP contribution in [-0.4, -0.2) is 56.5 Å². The van der Waals surface area contributed by atoms with E-state index in [1.807, 2.05) is 7.05 Å². The van der Waals surface area contributed by atoms with Gasteiger partial charge in [0.1, 0.15) is 5.78 Å². The molecule has 1 fully saturated rings. The number of rotatable bonds is 7. The van der Waals surface area contributed by atoms with Crippen LogP contribution in [0.25, 0.3) is 0 Å². The standard InChI is InChI=1S/C12H25N3O/c1-11(16)12(13-2)5-3-4-8-15-9-6-14-7-10-15/h12-14H,3-10H2,1-2H3/t12-/m0/s1. The van der Waals surface area contributed by atoms with Crippen molar-refractivity contribution in [2.24, 2.45) is 0 Å². The number of nitrogens with one attached hydrogen (secondary N) is 2. The largest absolute Gasteiger partial charge is 0.314 e. The summed E-state index contributed by atoms with van der Waals surface area (Å²) in [5, 5.41) is 6.42. The molecule has 1 aliphatic heterocycles. The Labute approximate surface area is 98.8 Å². The average molecular weight is 227 g/mol. The third kappa shape index (κ3) is 5.05. The second-order valence-electron chi connectivity index (χ2n) is 4.54. The van der Waals surface area contributed by atoms with Gasteiger partial charge in [0, 0.05) is 26.2 Å². The van der Waals surface area contributed by atoms with Crippen molar-refractivity contribution >= 4 is 5.78 Å². The second-order valence-corrected chi connectivity index (χ2v) is 4.54. The molecule has 1 aliphatic rings. The van der Waals surface area contributed by atoms with Gasteiger partial charge in [-0.3, -0.25) is 4.79 Å². The zero-order valence-corrected chi connectivity index (χ0v) is 10.6. The lowest BCUT2D eigenvalue weighted by molar-refractivity contribution is -0.119. The van der Waals surface area contributed by atoms with Gasteiger partial charge in [0.05, 0.1) is 6.04 Å². The first-order chi connectivity index (χ1) is 7.74. The SMILES string of the molecule is CN[C@@H](CCCCN1CCNCC1)C(C)=O. The van der Waals surface area contributed by atoms with Crippen molar-refractivity contribution < 1.29 is 4.79 Å². The van der Waals surface area contributed by atoms with Gasteiger partial charge < -0.3 is 15.5 Å². The van der Waals surface area contributed by atoms with Gasteiger partial charge in [-0.05, 0) is 33.4 Å². The van der Waals surface area contributed by atoms with E-state index in [9.17, 15) is 4.79 Å². The monoisotopic (exact) mass is 227 g/mol. The van der Waals surface area contributed by atoms with Crippen LogP contribution in [0.4, 0.5) is 0 Å². The molecular formula is C12H25N3O. The molecule has 2 N–H and O–H groups in total. The number of carbonyl (C=O) groups excluding carboxylic acids is 1. The lowest BCUT2D eigenvalue weighted by Gasteiger charge is -2.27. The van der Waals surface area contributed by atoms with E-state index in [-0.39, 0.29) is 11.8 Å². The van der Waals surface area contributed by atoms with E-state index in [4.69, 9.17) is 0 Å². The quantitative estimate of drug-likeness (QED) is 0.612. The lowest BCUT2D eigenvalue weighted by Crippen LogP contribution is -2.43. The number of Topliss-reactive ketones (excluding diaryl/α,β-unsaturated/α-hetero) is 1. The maximum atomic E-state index is 11.2. The summed E-state index contributed by atoms with van der Waals surface area (Å²) < 4.78 is 0. The van der Waals surface area contributed by atoms with Crippen molar-refractivity contribution in [3.05, 3.63) is 0 Å². The van der Waals surface area contributed by atoms with E-state index in [1.54, 1.807) is 6.92 Å². The van der Waals surface area contributed by atoms with Crippen LogP contribution in [0.3, 0.4) is 0 Å². The second kappa shape index (κ2) is 7.76. The molecule has 0 saturated carbocycles. The van der Waals surface area contributed by atoms with Crippen LogP contribution in [0, 0.1) is 0 Å². The van der Waals surface area contributed by atoms with Crippen LogP contribution in [0.2, 0.25) is 0 Å². The Morgan fingerprint density at radius 3 is 2.62 bits per heavy atom. The molecule has 0 bridgehead atoms. The number of hydrogen-bond acceptors (Lipinski definition) is 4. The predicted octanol–water partition coefficient (Wildman–Crippen LogP) is 0.239. The number of unbranched alkanes of at least 4 members (excludes halogenated alkanes) is 1. The molecule has 16 heavy (non-hydrogen) atoms. The highest BCUT2D eigenvalue weighted by Crippen LogP contribution is 2.04. The van der Waals surface area contributed by atoms with Gasteiger partial charge in [-0.25, -0.2) is 0 Å². The highest BCUT2D eigenvalue weighted by molar-refractivity contribution is 5.81. The summed E-state index contributed by atoms with van der Waals surface area (Å²) in [5.74, 6) is 0.254. The molecule has 1 saturated heterocycles. The Kier molecular flexibility index (Phi) is 6.61. The summed E-state index contributed by atoms with van der Waals surface area (Å²) >= 11 is 0. The Morgan fingerprint density at radius 1 is 1.38 bits per heavy atom. The lowest BCUT2D eigenvalue weighted by atomic mass is 10.1. The Bertz CT molecular complexity index is 202. The first-order valence-electron chi connectivity index (χ1n) is 6.35. The van der Waals surface area contributed by atoms with E-state index in [1.165, 1.54) is 26.1 Å². The molecule has 0 radical (unpaired) electrons. The van der Waals surface area contributed by atoms with Crippen molar-refractivity contribution in [3.63, 3.8) is 0 Å². The number of hydrogen-bond donors (Lipinski definition) is 2. The number of piperazine rings is 1. The first-order valence-corrected chi connectivity index (χ1v) is 6.35. The van der Waals surface area contributed by atoms with Crippen LogP contribution >= 0.6 is 0 Å². The maximum absolute atomic E-state index is 11.2. The number of carbonyl (C=O) groups is 1. The highest BCUT2D eigenvalue weighted by Gasteiger charge is 2.12. The van der Waals surface area contributed by atoms with Crippen LogP contribution < -0.4 is 10.6 Å². The highest BCUT2D eigenvalue weighted by atomic mass is 16.1. The molecule has 1 heterocycles. The summed E-state index contributed by atoms with van der Waals surface area (Å²) in [6.07, 6.45) is 3.30. The van der Waals surface area contributed by atoms with Gasteiger partial charge in [-0.2, -0.15) is 0 Å². The van der Waals surface area contributed by atoms with E-state index in [2.05, 4.69) is 15.5 Å². The molecule has 4 nitrogen and oxygen atoms in total. The van der Waals surface area contributed by atoms with Crippen molar-refractivity contribution in [3.8, 4) is 0 Å². The molecule has 94 valence electrons. The Balaban J connectivity index is 2.03. The van der Waals surface area contributed by atoms with E-state index < -0.39 is 0 Å². The molecular weight excluding hydrogens is 202 g/mol. The van der Waals surface area contributed by atoms with Gasteiger partial charge in [0.15, 0.2) is 0 Å². The van der Waals surface area contributed by atoms with Gasteiger partial charge in [0.25, 0.3) is 0 Å². The molecule has 0 aromatic rings. The van der Waals surface area contributed by atoms with Gasteiger partial charge in [-0.1, -0.05) is 6.42 Å². The minimum Gasteiger partial charge on any atom is -0.314 e. The summed E-state index contributed by atoms with van der Waals surface area (Å²) in [4.78, 5) is 13.7. The van der Waals surface area contributed by atoms with Crippen molar-refractivity contribution in [1.82, 2.24) is 15.5 Å². The number of nitrogens with zero attached hydrogens (tertiary/aromatic N) is 1. The molecule has 0 unspecified atom stereocenters. The van der Waals surface area contributed by atoms with E-state index in [0.717, 1.165) is 25.9 Å². The molecule has 0 spiro atoms. The number of ketones is 1. The van der Waals surface area contributed by atoms with Gasteiger partial charge in [-0.15, -0.1) is 0 Å². The summed E-state index contributed by atoms with van der Waals surface area (Å²) in [6, 6.07) is 0.0584. The normalized spacial score (nSPS) is 19.6. The zero-order valence-electron chi connectivity index (χ0n) is 10.6. The van der Waals surface area contributed by atoms with Gasteiger partial charge in [0.2, 0.25) is 0 Å².